The second-order valence-corrected chi connectivity index (χ2v) is 10.9. The molecule has 1 N–H and O–H groups in total. The van der Waals surface area contributed by atoms with Crippen LogP contribution in [0.15, 0.2) is 128 Å². The number of carbonyl (C=O) groups excluding carboxylic acids is 1. The van der Waals surface area contributed by atoms with Gasteiger partial charge in [0.2, 0.25) is 0 Å². The molecule has 0 aliphatic heterocycles. The molecule has 0 aliphatic rings. The van der Waals surface area contributed by atoms with Crippen molar-refractivity contribution in [3.8, 4) is 0 Å². The normalized spacial score (nSPS) is 12.3. The van der Waals surface area contributed by atoms with Gasteiger partial charge >= 0.3 is 0 Å². The van der Waals surface area contributed by atoms with Crippen molar-refractivity contribution in [1.82, 2.24) is 14.8 Å². The lowest BCUT2D eigenvalue weighted by molar-refractivity contribution is -0.118. The Kier molecular flexibility index (Phi) is 7.84. The van der Waals surface area contributed by atoms with Gasteiger partial charge in [0, 0.05) is 31.8 Å². The summed E-state index contributed by atoms with van der Waals surface area (Å²) in [6, 6.07) is 39.5. The maximum atomic E-state index is 13.4. The first-order chi connectivity index (χ1) is 21.0. The molecule has 6 heteroatoms. The van der Waals surface area contributed by atoms with E-state index in [0.29, 0.717) is 17.9 Å². The van der Waals surface area contributed by atoms with E-state index in [0.717, 1.165) is 33.2 Å². The van der Waals surface area contributed by atoms with Gasteiger partial charge in [0.05, 0.1) is 10.9 Å². The van der Waals surface area contributed by atoms with Crippen molar-refractivity contribution in [2.75, 3.05) is 12.4 Å². The van der Waals surface area contributed by atoms with Crippen LogP contribution in [0.3, 0.4) is 0 Å². The number of benzene rings is 4. The molecule has 0 radical (unpaired) electrons. The number of aromatic nitrogens is 3. The standard InChI is InChI=1S/C37H33FN4O/c1-26(27-18-20-31(38)21-19-27)22-33(43)23-32-24-35-34(25-40-32)36(39-2)41-42(35)37(28-12-6-3-7-13-28,29-14-8-4-9-15-29)30-16-10-5-11-17-30/h3-21,24-26H,22-23H2,1-2H3,(H,39,41)/t26-/m0/s1. The van der Waals surface area contributed by atoms with Crippen molar-refractivity contribution in [2.24, 2.45) is 0 Å². The third kappa shape index (κ3) is 5.32. The average molecular weight is 569 g/mol. The highest BCUT2D eigenvalue weighted by molar-refractivity contribution is 5.91. The van der Waals surface area contributed by atoms with E-state index in [2.05, 4.69) is 82.8 Å². The SMILES string of the molecule is CNc1nn(C(c2ccccc2)(c2ccccc2)c2ccccc2)c2cc(CC(=O)C[C@H](C)c3ccc(F)cc3)ncc12. The molecule has 2 aromatic heterocycles. The van der Waals surface area contributed by atoms with Gasteiger partial charge in [0.25, 0.3) is 0 Å². The van der Waals surface area contributed by atoms with Gasteiger partial charge in [-0.15, -0.1) is 0 Å². The lowest BCUT2D eigenvalue weighted by atomic mass is 9.77. The van der Waals surface area contributed by atoms with Gasteiger partial charge < -0.3 is 5.32 Å². The Balaban J connectivity index is 1.49. The summed E-state index contributed by atoms with van der Waals surface area (Å²) in [7, 11) is 1.86. The van der Waals surface area contributed by atoms with Crippen LogP contribution in [0.5, 0.6) is 0 Å². The average Bonchev–Trinajstić information content (AvgIpc) is 3.41. The number of Topliss-reactive ketones (excluding diaryl/α,β-unsaturated/α-hetero) is 1. The number of carbonyl (C=O) groups is 1. The van der Waals surface area contributed by atoms with Crippen LogP contribution in [0, 0.1) is 5.82 Å². The minimum Gasteiger partial charge on any atom is -0.371 e. The highest BCUT2D eigenvalue weighted by Gasteiger charge is 2.41. The lowest BCUT2D eigenvalue weighted by Gasteiger charge is -2.37. The summed E-state index contributed by atoms with van der Waals surface area (Å²) in [5.74, 6) is 0.469. The van der Waals surface area contributed by atoms with E-state index in [1.165, 1.54) is 12.1 Å². The molecule has 43 heavy (non-hydrogen) atoms. The van der Waals surface area contributed by atoms with E-state index in [9.17, 15) is 9.18 Å². The smallest absolute Gasteiger partial charge is 0.157 e. The third-order valence-corrected chi connectivity index (χ3v) is 8.10. The quantitative estimate of drug-likeness (QED) is 0.172. The van der Waals surface area contributed by atoms with Crippen molar-refractivity contribution < 1.29 is 9.18 Å². The number of hydrogen-bond acceptors (Lipinski definition) is 4. The molecule has 1 atom stereocenters. The molecule has 214 valence electrons. The Bertz CT molecular complexity index is 1740. The first kappa shape index (κ1) is 28.0. The topological polar surface area (TPSA) is 59.8 Å². The number of anilines is 1. The Hall–Kier alpha value is -5.10. The molecule has 0 bridgehead atoms. The third-order valence-electron chi connectivity index (χ3n) is 8.10. The molecule has 4 aromatic carbocycles. The lowest BCUT2D eigenvalue weighted by Crippen LogP contribution is -2.38. The molecule has 6 rings (SSSR count). The van der Waals surface area contributed by atoms with E-state index >= 15 is 0 Å². The van der Waals surface area contributed by atoms with E-state index in [1.54, 1.807) is 12.1 Å². The molecule has 0 saturated heterocycles. The fourth-order valence-corrected chi connectivity index (χ4v) is 6.02. The van der Waals surface area contributed by atoms with Gasteiger partial charge in [-0.2, -0.15) is 5.10 Å². The molecule has 2 heterocycles. The highest BCUT2D eigenvalue weighted by atomic mass is 19.1. The van der Waals surface area contributed by atoms with Gasteiger partial charge in [0.15, 0.2) is 5.82 Å². The van der Waals surface area contributed by atoms with Crippen LogP contribution < -0.4 is 5.32 Å². The second kappa shape index (κ2) is 12.0. The Morgan fingerprint density at radius 2 is 1.37 bits per heavy atom. The molecule has 0 saturated carbocycles. The molecule has 0 unspecified atom stereocenters. The number of hydrogen-bond donors (Lipinski definition) is 1. The number of ketones is 1. The molecule has 0 aliphatic carbocycles. The summed E-state index contributed by atoms with van der Waals surface area (Å²) in [5.41, 5.74) is 4.84. The number of pyridine rings is 1. The van der Waals surface area contributed by atoms with Crippen molar-refractivity contribution in [3.05, 3.63) is 161 Å². The van der Waals surface area contributed by atoms with E-state index in [-0.39, 0.29) is 23.9 Å². The minimum absolute atomic E-state index is 0.0276. The summed E-state index contributed by atoms with van der Waals surface area (Å²) < 4.78 is 15.5. The van der Waals surface area contributed by atoms with E-state index in [4.69, 9.17) is 10.1 Å². The molecular weight excluding hydrogens is 535 g/mol. The summed E-state index contributed by atoms with van der Waals surface area (Å²) in [6.45, 7) is 1.99. The zero-order chi connectivity index (χ0) is 29.8. The summed E-state index contributed by atoms with van der Waals surface area (Å²) in [6.07, 6.45) is 2.34. The van der Waals surface area contributed by atoms with Crippen molar-refractivity contribution >= 4 is 22.5 Å². The van der Waals surface area contributed by atoms with Gasteiger partial charge in [-0.1, -0.05) is 110 Å². The van der Waals surface area contributed by atoms with Gasteiger partial charge in [-0.05, 0) is 46.4 Å². The van der Waals surface area contributed by atoms with Crippen molar-refractivity contribution in [3.63, 3.8) is 0 Å². The maximum Gasteiger partial charge on any atom is 0.157 e. The van der Waals surface area contributed by atoms with Crippen LogP contribution in [-0.4, -0.2) is 27.6 Å². The number of fused-ring (bicyclic) bond motifs is 1. The first-order valence-corrected chi connectivity index (χ1v) is 14.5. The highest BCUT2D eigenvalue weighted by Crippen LogP contribution is 2.43. The number of rotatable bonds is 10. The summed E-state index contributed by atoms with van der Waals surface area (Å²) in [4.78, 5) is 18.0. The van der Waals surface area contributed by atoms with Crippen LogP contribution in [0.4, 0.5) is 10.2 Å². The molecule has 6 aromatic rings. The fourth-order valence-electron chi connectivity index (χ4n) is 6.02. The summed E-state index contributed by atoms with van der Waals surface area (Å²) in [5, 5.41) is 9.30. The van der Waals surface area contributed by atoms with E-state index in [1.807, 2.05) is 44.4 Å². The molecular formula is C37H33FN4O. The monoisotopic (exact) mass is 568 g/mol. The minimum atomic E-state index is -0.809. The number of halogens is 1. The van der Waals surface area contributed by atoms with Gasteiger partial charge in [-0.25, -0.2) is 9.07 Å². The van der Waals surface area contributed by atoms with Crippen LogP contribution in [-0.2, 0) is 16.8 Å². The van der Waals surface area contributed by atoms with Gasteiger partial charge in [0.1, 0.15) is 17.1 Å². The molecule has 0 amide bonds. The second-order valence-electron chi connectivity index (χ2n) is 10.9. The Morgan fingerprint density at radius 1 is 0.837 bits per heavy atom. The molecule has 0 spiro atoms. The predicted molar refractivity (Wildman–Crippen MR) is 170 cm³/mol. The summed E-state index contributed by atoms with van der Waals surface area (Å²) >= 11 is 0. The zero-order valence-corrected chi connectivity index (χ0v) is 24.2. The first-order valence-electron chi connectivity index (χ1n) is 14.5. The zero-order valence-electron chi connectivity index (χ0n) is 24.2. The fraction of sp³-hybridized carbons (Fsp3) is 0.162. The number of nitrogens with one attached hydrogen (secondary N) is 1. The Labute approximate surface area is 251 Å². The largest absolute Gasteiger partial charge is 0.371 e. The van der Waals surface area contributed by atoms with Crippen LogP contribution in [0.1, 0.15) is 47.2 Å². The predicted octanol–water partition coefficient (Wildman–Crippen LogP) is 7.76. The molecule has 5 nitrogen and oxygen atoms in total. The van der Waals surface area contributed by atoms with Crippen LogP contribution in [0.2, 0.25) is 0 Å². The van der Waals surface area contributed by atoms with Crippen LogP contribution in [0.25, 0.3) is 10.9 Å². The molecule has 0 fully saturated rings. The van der Waals surface area contributed by atoms with Crippen LogP contribution >= 0.6 is 0 Å². The van der Waals surface area contributed by atoms with Crippen molar-refractivity contribution in [1.29, 1.82) is 0 Å². The van der Waals surface area contributed by atoms with Gasteiger partial charge in [-0.3, -0.25) is 9.78 Å². The number of nitrogens with zero attached hydrogens (tertiary/aromatic N) is 3. The maximum absolute atomic E-state index is 13.4. The van der Waals surface area contributed by atoms with Crippen molar-refractivity contribution in [2.45, 2.75) is 31.2 Å². The Morgan fingerprint density at radius 3 is 1.88 bits per heavy atom. The van der Waals surface area contributed by atoms with E-state index < -0.39 is 5.54 Å².